The predicted molar refractivity (Wildman–Crippen MR) is 72.5 cm³/mol. The van der Waals surface area contributed by atoms with Crippen molar-refractivity contribution in [2.75, 3.05) is 18.0 Å². The SMILES string of the molecule is CCC1(C)CN(c2cccnc2C)C(C)CN1. The Kier molecular flexibility index (Phi) is 3.38. The number of hydrogen-bond donors (Lipinski definition) is 1. The lowest BCUT2D eigenvalue weighted by molar-refractivity contribution is 0.285. The lowest BCUT2D eigenvalue weighted by atomic mass is 9.93. The number of anilines is 1. The van der Waals surface area contributed by atoms with Gasteiger partial charge in [0, 0.05) is 30.9 Å². The molecule has 2 unspecified atom stereocenters. The molecule has 1 fully saturated rings. The largest absolute Gasteiger partial charge is 0.364 e. The van der Waals surface area contributed by atoms with E-state index in [0.29, 0.717) is 6.04 Å². The van der Waals surface area contributed by atoms with E-state index in [1.54, 1.807) is 0 Å². The van der Waals surface area contributed by atoms with Gasteiger partial charge in [-0.15, -0.1) is 0 Å². The van der Waals surface area contributed by atoms with Crippen molar-refractivity contribution in [2.24, 2.45) is 0 Å². The summed E-state index contributed by atoms with van der Waals surface area (Å²) < 4.78 is 0. The van der Waals surface area contributed by atoms with Crippen LogP contribution in [0.3, 0.4) is 0 Å². The molecule has 94 valence electrons. The zero-order valence-corrected chi connectivity index (χ0v) is 11.3. The highest BCUT2D eigenvalue weighted by atomic mass is 15.3. The van der Waals surface area contributed by atoms with Gasteiger partial charge in [0.25, 0.3) is 0 Å². The van der Waals surface area contributed by atoms with Gasteiger partial charge in [0.05, 0.1) is 11.4 Å². The fraction of sp³-hybridized carbons (Fsp3) is 0.643. The molecule has 0 spiro atoms. The molecule has 0 radical (unpaired) electrons. The van der Waals surface area contributed by atoms with Crippen molar-refractivity contribution in [3.05, 3.63) is 24.0 Å². The van der Waals surface area contributed by atoms with Crippen LogP contribution in [0.15, 0.2) is 18.3 Å². The number of nitrogens with one attached hydrogen (secondary N) is 1. The van der Waals surface area contributed by atoms with Crippen molar-refractivity contribution < 1.29 is 0 Å². The van der Waals surface area contributed by atoms with Crippen LogP contribution in [0, 0.1) is 6.92 Å². The topological polar surface area (TPSA) is 28.2 Å². The first-order valence-corrected chi connectivity index (χ1v) is 6.49. The second-order valence-corrected chi connectivity index (χ2v) is 5.38. The summed E-state index contributed by atoms with van der Waals surface area (Å²) >= 11 is 0. The first-order valence-electron chi connectivity index (χ1n) is 6.49. The molecule has 3 nitrogen and oxygen atoms in total. The molecule has 0 aliphatic carbocycles. The maximum Gasteiger partial charge on any atom is 0.0605 e. The number of pyridine rings is 1. The minimum Gasteiger partial charge on any atom is -0.364 e. The molecule has 2 atom stereocenters. The van der Waals surface area contributed by atoms with Crippen molar-refractivity contribution in [3.8, 4) is 0 Å². The van der Waals surface area contributed by atoms with Crippen LogP contribution >= 0.6 is 0 Å². The predicted octanol–water partition coefficient (Wildman–Crippen LogP) is 2.36. The van der Waals surface area contributed by atoms with Gasteiger partial charge in [-0.05, 0) is 39.3 Å². The highest BCUT2D eigenvalue weighted by molar-refractivity contribution is 5.51. The zero-order chi connectivity index (χ0) is 12.5. The summed E-state index contributed by atoms with van der Waals surface area (Å²) in [5, 5.41) is 3.65. The van der Waals surface area contributed by atoms with E-state index in [4.69, 9.17) is 0 Å². The third-order valence-corrected chi connectivity index (χ3v) is 3.94. The molecule has 1 aliphatic rings. The van der Waals surface area contributed by atoms with E-state index < -0.39 is 0 Å². The van der Waals surface area contributed by atoms with Crippen molar-refractivity contribution in [2.45, 2.75) is 45.7 Å². The van der Waals surface area contributed by atoms with Gasteiger partial charge in [-0.1, -0.05) is 6.92 Å². The molecular weight excluding hydrogens is 210 g/mol. The van der Waals surface area contributed by atoms with Gasteiger partial charge in [-0.3, -0.25) is 4.98 Å². The maximum absolute atomic E-state index is 4.40. The Bertz CT molecular complexity index is 391. The molecule has 1 N–H and O–H groups in total. The van der Waals surface area contributed by atoms with Crippen molar-refractivity contribution >= 4 is 5.69 Å². The maximum atomic E-state index is 4.40. The molecule has 3 heteroatoms. The molecule has 1 aromatic heterocycles. The molecule has 0 saturated carbocycles. The van der Waals surface area contributed by atoms with Crippen molar-refractivity contribution in [1.82, 2.24) is 10.3 Å². The molecular formula is C14H23N3. The van der Waals surface area contributed by atoms with E-state index in [1.807, 2.05) is 12.3 Å². The fourth-order valence-corrected chi connectivity index (χ4v) is 2.43. The summed E-state index contributed by atoms with van der Waals surface area (Å²) in [7, 11) is 0. The summed E-state index contributed by atoms with van der Waals surface area (Å²) in [6, 6.07) is 4.73. The lowest BCUT2D eigenvalue weighted by Crippen LogP contribution is -2.62. The van der Waals surface area contributed by atoms with Crippen LogP contribution < -0.4 is 10.2 Å². The van der Waals surface area contributed by atoms with E-state index in [-0.39, 0.29) is 5.54 Å². The van der Waals surface area contributed by atoms with Gasteiger partial charge in [0.2, 0.25) is 0 Å². The fourth-order valence-electron chi connectivity index (χ4n) is 2.43. The summed E-state index contributed by atoms with van der Waals surface area (Å²) in [5.41, 5.74) is 2.62. The van der Waals surface area contributed by atoms with E-state index in [2.05, 4.69) is 49.0 Å². The van der Waals surface area contributed by atoms with E-state index >= 15 is 0 Å². The Balaban J connectivity index is 2.27. The Labute approximate surface area is 104 Å². The Morgan fingerprint density at radius 3 is 3.00 bits per heavy atom. The molecule has 1 aliphatic heterocycles. The number of piperazine rings is 1. The summed E-state index contributed by atoms with van der Waals surface area (Å²) in [5.74, 6) is 0. The quantitative estimate of drug-likeness (QED) is 0.850. The normalized spacial score (nSPS) is 29.4. The molecule has 0 amide bonds. The Hall–Kier alpha value is -1.09. The van der Waals surface area contributed by atoms with Crippen molar-refractivity contribution in [3.63, 3.8) is 0 Å². The summed E-state index contributed by atoms with van der Waals surface area (Å²) in [6.07, 6.45) is 3.01. The number of aromatic nitrogens is 1. The van der Waals surface area contributed by atoms with Crippen LogP contribution in [-0.2, 0) is 0 Å². The minimum atomic E-state index is 0.217. The van der Waals surface area contributed by atoms with Crippen LogP contribution in [-0.4, -0.2) is 29.7 Å². The van der Waals surface area contributed by atoms with Gasteiger partial charge in [0.15, 0.2) is 0 Å². The van der Waals surface area contributed by atoms with Crippen LogP contribution in [0.25, 0.3) is 0 Å². The van der Waals surface area contributed by atoms with Gasteiger partial charge < -0.3 is 10.2 Å². The van der Waals surface area contributed by atoms with Crippen LogP contribution in [0.5, 0.6) is 0 Å². The molecule has 2 heterocycles. The number of nitrogens with zero attached hydrogens (tertiary/aromatic N) is 2. The third kappa shape index (κ3) is 2.44. The number of aryl methyl sites for hydroxylation is 1. The minimum absolute atomic E-state index is 0.217. The van der Waals surface area contributed by atoms with Gasteiger partial charge in [0.1, 0.15) is 0 Å². The standard InChI is InChI=1S/C14H23N3/c1-5-14(4)10-17(11(2)9-16-14)13-7-6-8-15-12(13)3/h6-8,11,16H,5,9-10H2,1-4H3. The number of rotatable bonds is 2. The van der Waals surface area contributed by atoms with Gasteiger partial charge in [-0.2, -0.15) is 0 Å². The third-order valence-electron chi connectivity index (χ3n) is 3.94. The molecule has 1 saturated heterocycles. The number of hydrogen-bond acceptors (Lipinski definition) is 3. The van der Waals surface area contributed by atoms with Crippen LogP contribution in [0.4, 0.5) is 5.69 Å². The monoisotopic (exact) mass is 233 g/mol. The van der Waals surface area contributed by atoms with Crippen LogP contribution in [0.2, 0.25) is 0 Å². The smallest absolute Gasteiger partial charge is 0.0605 e. The first kappa shape index (κ1) is 12.4. The highest BCUT2D eigenvalue weighted by Gasteiger charge is 2.33. The van der Waals surface area contributed by atoms with Crippen molar-refractivity contribution in [1.29, 1.82) is 0 Å². The average molecular weight is 233 g/mol. The summed E-state index contributed by atoms with van der Waals surface area (Å²) in [4.78, 5) is 6.89. The van der Waals surface area contributed by atoms with E-state index in [9.17, 15) is 0 Å². The molecule has 1 aromatic rings. The first-order chi connectivity index (χ1) is 8.06. The molecule has 0 bridgehead atoms. The molecule has 0 aromatic carbocycles. The molecule has 2 rings (SSSR count). The van der Waals surface area contributed by atoms with E-state index in [1.165, 1.54) is 5.69 Å². The van der Waals surface area contributed by atoms with Gasteiger partial charge >= 0.3 is 0 Å². The average Bonchev–Trinajstić information content (AvgIpc) is 2.34. The van der Waals surface area contributed by atoms with Crippen LogP contribution in [0.1, 0.15) is 32.9 Å². The second kappa shape index (κ2) is 4.65. The Morgan fingerprint density at radius 1 is 1.59 bits per heavy atom. The molecule has 17 heavy (non-hydrogen) atoms. The Morgan fingerprint density at radius 2 is 2.35 bits per heavy atom. The lowest BCUT2D eigenvalue weighted by Gasteiger charge is -2.46. The van der Waals surface area contributed by atoms with Gasteiger partial charge in [-0.25, -0.2) is 0 Å². The second-order valence-electron chi connectivity index (χ2n) is 5.38. The highest BCUT2D eigenvalue weighted by Crippen LogP contribution is 2.26. The summed E-state index contributed by atoms with van der Waals surface area (Å²) in [6.45, 7) is 11.0. The zero-order valence-electron chi connectivity index (χ0n) is 11.3. The van der Waals surface area contributed by atoms with E-state index in [0.717, 1.165) is 25.2 Å².